The Kier molecular flexibility index (Phi) is 3.18. The number of rotatable bonds is 2. The third kappa shape index (κ3) is 2.94. The van der Waals surface area contributed by atoms with E-state index in [1.54, 1.807) is 0 Å². The summed E-state index contributed by atoms with van der Waals surface area (Å²) in [5.41, 5.74) is 1.22. The maximum absolute atomic E-state index is 11.2. The first-order valence-electron chi connectivity index (χ1n) is 5.25. The zero-order valence-corrected chi connectivity index (χ0v) is 8.56. The highest BCUT2D eigenvalue weighted by molar-refractivity contribution is 5.82. The van der Waals surface area contributed by atoms with Gasteiger partial charge in [0.2, 0.25) is 0 Å². The minimum Gasteiger partial charge on any atom is -0.459 e. The number of cyclic esters (lactones) is 1. The van der Waals surface area contributed by atoms with E-state index in [1.807, 2.05) is 24.3 Å². The summed E-state index contributed by atoms with van der Waals surface area (Å²) < 4.78 is 5.29. The Morgan fingerprint density at radius 2 is 2.07 bits per heavy atom. The summed E-state index contributed by atoms with van der Waals surface area (Å²) in [6.45, 7) is 0. The van der Waals surface area contributed by atoms with E-state index in [4.69, 9.17) is 4.74 Å². The molecule has 2 heteroatoms. The van der Waals surface area contributed by atoms with Gasteiger partial charge in [-0.25, -0.2) is 4.79 Å². The van der Waals surface area contributed by atoms with Gasteiger partial charge in [0, 0.05) is 12.5 Å². The predicted octanol–water partition coefficient (Wildman–Crippen LogP) is 2.49. The van der Waals surface area contributed by atoms with E-state index < -0.39 is 0 Å². The molecule has 2 nitrogen and oxygen atoms in total. The van der Waals surface area contributed by atoms with Crippen molar-refractivity contribution in [3.8, 4) is 0 Å². The summed E-state index contributed by atoms with van der Waals surface area (Å²) in [6.07, 6.45) is 6.07. The van der Waals surface area contributed by atoms with Gasteiger partial charge in [0.15, 0.2) is 0 Å². The average molecular weight is 202 g/mol. The molecule has 0 bridgehead atoms. The van der Waals surface area contributed by atoms with Gasteiger partial charge in [-0.3, -0.25) is 0 Å². The number of allylic oxidation sites excluding steroid dienone is 1. The van der Waals surface area contributed by atoms with Crippen molar-refractivity contribution >= 4 is 5.97 Å². The molecule has 0 aromatic heterocycles. The Balaban J connectivity index is 1.98. The van der Waals surface area contributed by atoms with Gasteiger partial charge in [0.1, 0.15) is 6.10 Å². The Morgan fingerprint density at radius 1 is 1.27 bits per heavy atom. The third-order valence-corrected chi connectivity index (χ3v) is 2.50. The molecule has 0 saturated heterocycles. The summed E-state index contributed by atoms with van der Waals surface area (Å²) >= 11 is 0. The quantitative estimate of drug-likeness (QED) is 0.689. The van der Waals surface area contributed by atoms with Crippen LogP contribution in [0, 0.1) is 0 Å². The lowest BCUT2D eigenvalue weighted by Crippen LogP contribution is -2.17. The summed E-state index contributed by atoms with van der Waals surface area (Å²) in [6, 6.07) is 10.1. The molecule has 78 valence electrons. The van der Waals surface area contributed by atoms with Crippen LogP contribution in [-0.4, -0.2) is 12.1 Å². The average Bonchev–Trinajstić information content (AvgIpc) is 2.44. The highest BCUT2D eigenvalue weighted by atomic mass is 16.5. The smallest absolute Gasteiger partial charge is 0.330 e. The van der Waals surface area contributed by atoms with Crippen LogP contribution in [0.4, 0.5) is 0 Å². The van der Waals surface area contributed by atoms with Crippen molar-refractivity contribution in [2.24, 2.45) is 0 Å². The molecule has 1 heterocycles. The molecule has 15 heavy (non-hydrogen) atoms. The molecule has 1 unspecified atom stereocenters. The lowest BCUT2D eigenvalue weighted by atomic mass is 10.0. The molecule has 0 saturated carbocycles. The van der Waals surface area contributed by atoms with Crippen molar-refractivity contribution in [3.63, 3.8) is 0 Å². The SMILES string of the molecule is O=C1C=CCCC(Cc2ccccc2)O1. The number of esters is 1. The van der Waals surface area contributed by atoms with Crippen LogP contribution in [0.25, 0.3) is 0 Å². The molecule has 0 amide bonds. The Hall–Kier alpha value is -1.57. The zero-order valence-electron chi connectivity index (χ0n) is 8.56. The van der Waals surface area contributed by atoms with Gasteiger partial charge in [-0.05, 0) is 18.4 Å². The van der Waals surface area contributed by atoms with Crippen LogP contribution in [-0.2, 0) is 16.0 Å². The van der Waals surface area contributed by atoms with Crippen molar-refractivity contribution in [3.05, 3.63) is 48.0 Å². The first-order valence-corrected chi connectivity index (χ1v) is 5.25. The molecule has 0 radical (unpaired) electrons. The number of hydrogen-bond acceptors (Lipinski definition) is 2. The van der Waals surface area contributed by atoms with Crippen LogP contribution in [0.2, 0.25) is 0 Å². The first-order chi connectivity index (χ1) is 7.34. The predicted molar refractivity (Wildman–Crippen MR) is 58.4 cm³/mol. The molecule has 1 atom stereocenters. The van der Waals surface area contributed by atoms with Gasteiger partial charge in [-0.1, -0.05) is 36.4 Å². The summed E-state index contributed by atoms with van der Waals surface area (Å²) in [7, 11) is 0. The van der Waals surface area contributed by atoms with Gasteiger partial charge in [0.25, 0.3) is 0 Å². The maximum Gasteiger partial charge on any atom is 0.330 e. The van der Waals surface area contributed by atoms with Gasteiger partial charge in [0.05, 0.1) is 0 Å². The van der Waals surface area contributed by atoms with Crippen molar-refractivity contribution in [2.75, 3.05) is 0 Å². The lowest BCUT2D eigenvalue weighted by molar-refractivity contribution is -0.142. The highest BCUT2D eigenvalue weighted by Crippen LogP contribution is 2.14. The summed E-state index contributed by atoms with van der Waals surface area (Å²) in [5.74, 6) is -0.214. The Bertz CT molecular complexity index is 354. The van der Waals surface area contributed by atoms with Gasteiger partial charge in [-0.15, -0.1) is 0 Å². The highest BCUT2D eigenvalue weighted by Gasteiger charge is 2.15. The Morgan fingerprint density at radius 3 is 2.87 bits per heavy atom. The lowest BCUT2D eigenvalue weighted by Gasteiger charge is -2.14. The summed E-state index contributed by atoms with van der Waals surface area (Å²) in [4.78, 5) is 11.2. The van der Waals surface area contributed by atoms with E-state index >= 15 is 0 Å². The van der Waals surface area contributed by atoms with E-state index in [-0.39, 0.29) is 12.1 Å². The fourth-order valence-corrected chi connectivity index (χ4v) is 1.74. The van der Waals surface area contributed by atoms with E-state index in [2.05, 4.69) is 12.1 Å². The number of carbonyl (C=O) groups is 1. The minimum atomic E-state index is -0.214. The third-order valence-electron chi connectivity index (χ3n) is 2.50. The molecular weight excluding hydrogens is 188 g/mol. The van der Waals surface area contributed by atoms with Crippen molar-refractivity contribution < 1.29 is 9.53 Å². The molecule has 0 N–H and O–H groups in total. The monoisotopic (exact) mass is 202 g/mol. The largest absolute Gasteiger partial charge is 0.459 e. The zero-order chi connectivity index (χ0) is 10.5. The van der Waals surface area contributed by atoms with Crippen LogP contribution in [0.15, 0.2) is 42.5 Å². The second-order valence-electron chi connectivity index (χ2n) is 3.73. The van der Waals surface area contributed by atoms with Crippen LogP contribution in [0.3, 0.4) is 0 Å². The number of benzene rings is 1. The van der Waals surface area contributed by atoms with Crippen LogP contribution >= 0.6 is 0 Å². The van der Waals surface area contributed by atoms with E-state index in [0.29, 0.717) is 0 Å². The number of hydrogen-bond donors (Lipinski definition) is 0. The first kappa shape index (κ1) is 9.97. The van der Waals surface area contributed by atoms with E-state index in [1.165, 1.54) is 11.6 Å². The second-order valence-corrected chi connectivity index (χ2v) is 3.73. The standard InChI is InChI=1S/C13H14O2/c14-13-9-5-4-8-12(15-13)10-11-6-2-1-3-7-11/h1-3,5-7,9,12H,4,8,10H2. The van der Waals surface area contributed by atoms with Crippen molar-refractivity contribution in [1.82, 2.24) is 0 Å². The molecule has 1 aromatic carbocycles. The molecule has 2 rings (SSSR count). The Labute approximate surface area is 89.6 Å². The molecule has 1 aliphatic heterocycles. The van der Waals surface area contributed by atoms with Gasteiger partial charge in [-0.2, -0.15) is 0 Å². The molecule has 0 spiro atoms. The van der Waals surface area contributed by atoms with Gasteiger partial charge >= 0.3 is 5.97 Å². The number of ether oxygens (including phenoxy) is 1. The maximum atomic E-state index is 11.2. The van der Waals surface area contributed by atoms with Crippen molar-refractivity contribution in [2.45, 2.75) is 25.4 Å². The normalized spacial score (nSPS) is 20.8. The minimum absolute atomic E-state index is 0.0231. The molecule has 1 aliphatic rings. The number of carbonyl (C=O) groups excluding carboxylic acids is 1. The fourth-order valence-electron chi connectivity index (χ4n) is 1.74. The van der Waals surface area contributed by atoms with Crippen LogP contribution in [0.5, 0.6) is 0 Å². The van der Waals surface area contributed by atoms with Crippen LogP contribution < -0.4 is 0 Å². The topological polar surface area (TPSA) is 26.3 Å². The van der Waals surface area contributed by atoms with Crippen molar-refractivity contribution in [1.29, 1.82) is 0 Å². The van der Waals surface area contributed by atoms with Crippen LogP contribution in [0.1, 0.15) is 18.4 Å². The molecule has 1 aromatic rings. The molecule has 0 fully saturated rings. The summed E-state index contributed by atoms with van der Waals surface area (Å²) in [5, 5.41) is 0. The second kappa shape index (κ2) is 4.78. The fraction of sp³-hybridized carbons (Fsp3) is 0.308. The van der Waals surface area contributed by atoms with E-state index in [0.717, 1.165) is 19.3 Å². The van der Waals surface area contributed by atoms with E-state index in [9.17, 15) is 4.79 Å². The molecule has 0 aliphatic carbocycles. The molecular formula is C13H14O2. The van der Waals surface area contributed by atoms with Gasteiger partial charge < -0.3 is 4.74 Å².